The van der Waals surface area contributed by atoms with E-state index in [0.29, 0.717) is 5.56 Å². The Bertz CT molecular complexity index is 274. The SMILES string of the molecule is CC#N.CC(F)c1ccc(O)cc1. The van der Waals surface area contributed by atoms with Crippen molar-refractivity contribution in [3.8, 4) is 11.8 Å². The van der Waals surface area contributed by atoms with E-state index in [2.05, 4.69) is 0 Å². The Morgan fingerprint density at radius 2 is 1.77 bits per heavy atom. The maximum absolute atomic E-state index is 12.5. The Labute approximate surface area is 77.2 Å². The predicted octanol–water partition coefficient (Wildman–Crippen LogP) is 2.95. The normalized spacial score (nSPS) is 10.6. The average molecular weight is 181 g/mol. The third-order valence-electron chi connectivity index (χ3n) is 1.35. The molecule has 1 N–H and O–H groups in total. The van der Waals surface area contributed by atoms with Crippen LogP contribution in [0.25, 0.3) is 0 Å². The van der Waals surface area contributed by atoms with Gasteiger partial charge < -0.3 is 5.11 Å². The zero-order valence-corrected chi connectivity index (χ0v) is 7.66. The van der Waals surface area contributed by atoms with Gasteiger partial charge in [0, 0.05) is 6.92 Å². The average Bonchev–Trinajstić information content (AvgIpc) is 2.06. The fraction of sp³-hybridized carbons (Fsp3) is 0.300. The second-order valence-corrected chi connectivity index (χ2v) is 2.43. The van der Waals surface area contributed by atoms with Crippen LogP contribution in [0.4, 0.5) is 4.39 Å². The first-order valence-corrected chi connectivity index (χ1v) is 3.85. The maximum Gasteiger partial charge on any atom is 0.122 e. The Morgan fingerprint density at radius 1 is 1.38 bits per heavy atom. The van der Waals surface area contributed by atoms with E-state index < -0.39 is 6.17 Å². The number of halogens is 1. The summed E-state index contributed by atoms with van der Waals surface area (Å²) < 4.78 is 12.5. The lowest BCUT2D eigenvalue weighted by molar-refractivity contribution is 0.373. The molecule has 0 aromatic heterocycles. The van der Waals surface area contributed by atoms with Gasteiger partial charge in [-0.15, -0.1) is 0 Å². The number of hydrogen-bond acceptors (Lipinski definition) is 2. The Kier molecular flexibility index (Phi) is 5.29. The molecule has 70 valence electrons. The van der Waals surface area contributed by atoms with Crippen LogP contribution in [0.3, 0.4) is 0 Å². The van der Waals surface area contributed by atoms with E-state index in [0.717, 1.165) is 0 Å². The van der Waals surface area contributed by atoms with Crippen molar-refractivity contribution in [3.05, 3.63) is 29.8 Å². The highest BCUT2D eigenvalue weighted by molar-refractivity contribution is 5.26. The molecule has 0 aliphatic heterocycles. The number of hydrogen-bond donors (Lipinski definition) is 1. The molecule has 0 aliphatic rings. The van der Waals surface area contributed by atoms with Crippen molar-refractivity contribution in [3.63, 3.8) is 0 Å². The number of phenols is 1. The first-order chi connectivity index (χ1) is 6.11. The van der Waals surface area contributed by atoms with E-state index in [9.17, 15) is 4.39 Å². The molecular formula is C10H12FNO. The van der Waals surface area contributed by atoms with Crippen LogP contribution < -0.4 is 0 Å². The first kappa shape index (κ1) is 11.4. The van der Waals surface area contributed by atoms with E-state index >= 15 is 0 Å². The molecule has 1 atom stereocenters. The Morgan fingerprint density at radius 3 is 2.08 bits per heavy atom. The highest BCUT2D eigenvalue weighted by Crippen LogP contribution is 2.18. The summed E-state index contributed by atoms with van der Waals surface area (Å²) >= 11 is 0. The lowest BCUT2D eigenvalue weighted by Gasteiger charge is -1.99. The highest BCUT2D eigenvalue weighted by atomic mass is 19.1. The monoisotopic (exact) mass is 181 g/mol. The van der Waals surface area contributed by atoms with Crippen LogP contribution in [-0.4, -0.2) is 5.11 Å². The molecule has 0 radical (unpaired) electrons. The van der Waals surface area contributed by atoms with Gasteiger partial charge in [0.15, 0.2) is 0 Å². The van der Waals surface area contributed by atoms with E-state index in [4.69, 9.17) is 10.4 Å². The fourth-order valence-electron chi connectivity index (χ4n) is 0.740. The van der Waals surface area contributed by atoms with Crippen LogP contribution in [0.2, 0.25) is 0 Å². The van der Waals surface area contributed by atoms with Gasteiger partial charge in [0.1, 0.15) is 11.9 Å². The quantitative estimate of drug-likeness (QED) is 0.723. The van der Waals surface area contributed by atoms with Gasteiger partial charge in [-0.25, -0.2) is 4.39 Å². The van der Waals surface area contributed by atoms with Crippen molar-refractivity contribution in [1.82, 2.24) is 0 Å². The second kappa shape index (κ2) is 6.01. The minimum Gasteiger partial charge on any atom is -0.508 e. The van der Waals surface area contributed by atoms with E-state index in [1.807, 2.05) is 0 Å². The molecule has 3 heteroatoms. The third kappa shape index (κ3) is 4.81. The summed E-state index contributed by atoms with van der Waals surface area (Å²) in [5.74, 6) is 0.171. The van der Waals surface area contributed by atoms with Gasteiger partial charge in [-0.1, -0.05) is 12.1 Å². The minimum atomic E-state index is -0.958. The number of benzene rings is 1. The number of nitriles is 1. The summed E-state index contributed by atoms with van der Waals surface area (Å²) in [5, 5.41) is 16.1. The van der Waals surface area contributed by atoms with Gasteiger partial charge in [0.25, 0.3) is 0 Å². The standard InChI is InChI=1S/C8H9FO.C2H3N/c1-6(9)7-2-4-8(10)5-3-7;1-2-3/h2-6,10H,1H3;1H3. The summed E-state index contributed by atoms with van der Waals surface area (Å²) in [5.41, 5.74) is 0.595. The summed E-state index contributed by atoms with van der Waals surface area (Å²) in [7, 11) is 0. The number of aromatic hydroxyl groups is 1. The smallest absolute Gasteiger partial charge is 0.122 e. The van der Waals surface area contributed by atoms with Crippen molar-refractivity contribution < 1.29 is 9.50 Å². The number of alkyl halides is 1. The van der Waals surface area contributed by atoms with Crippen molar-refractivity contribution >= 4 is 0 Å². The summed E-state index contributed by atoms with van der Waals surface area (Å²) in [6, 6.07) is 7.84. The van der Waals surface area contributed by atoms with Gasteiger partial charge in [0.2, 0.25) is 0 Å². The molecule has 0 saturated heterocycles. The van der Waals surface area contributed by atoms with Crippen LogP contribution in [0.15, 0.2) is 24.3 Å². The Hall–Kier alpha value is -1.56. The van der Waals surface area contributed by atoms with E-state index in [-0.39, 0.29) is 5.75 Å². The van der Waals surface area contributed by atoms with Gasteiger partial charge in [-0.3, -0.25) is 0 Å². The number of phenolic OH excluding ortho intramolecular Hbond substituents is 1. The van der Waals surface area contributed by atoms with Gasteiger partial charge >= 0.3 is 0 Å². The molecule has 0 amide bonds. The molecule has 0 fully saturated rings. The van der Waals surface area contributed by atoms with E-state index in [1.165, 1.54) is 26.0 Å². The molecule has 0 aliphatic carbocycles. The van der Waals surface area contributed by atoms with Crippen molar-refractivity contribution in [2.75, 3.05) is 0 Å². The largest absolute Gasteiger partial charge is 0.508 e. The Balaban J connectivity index is 0.000000424. The van der Waals surface area contributed by atoms with Crippen LogP contribution in [0.1, 0.15) is 25.6 Å². The minimum absolute atomic E-state index is 0.171. The lowest BCUT2D eigenvalue weighted by atomic mass is 10.1. The van der Waals surface area contributed by atoms with Crippen LogP contribution in [0.5, 0.6) is 5.75 Å². The topological polar surface area (TPSA) is 44.0 Å². The second-order valence-electron chi connectivity index (χ2n) is 2.43. The molecule has 1 unspecified atom stereocenters. The molecular weight excluding hydrogens is 169 g/mol. The fourth-order valence-corrected chi connectivity index (χ4v) is 0.740. The van der Waals surface area contributed by atoms with Crippen LogP contribution >= 0.6 is 0 Å². The predicted molar refractivity (Wildman–Crippen MR) is 48.9 cm³/mol. The van der Waals surface area contributed by atoms with Gasteiger partial charge in [-0.05, 0) is 24.6 Å². The molecule has 0 heterocycles. The van der Waals surface area contributed by atoms with E-state index in [1.54, 1.807) is 18.2 Å². The molecule has 1 aromatic carbocycles. The molecule has 1 aromatic rings. The van der Waals surface area contributed by atoms with Gasteiger partial charge in [-0.2, -0.15) is 5.26 Å². The van der Waals surface area contributed by atoms with Crippen LogP contribution in [0, 0.1) is 11.3 Å². The summed E-state index contributed by atoms with van der Waals surface area (Å²) in [6.45, 7) is 2.90. The molecule has 0 spiro atoms. The zero-order chi connectivity index (χ0) is 10.3. The van der Waals surface area contributed by atoms with Crippen molar-refractivity contribution in [2.24, 2.45) is 0 Å². The molecule has 0 bridgehead atoms. The number of nitrogens with zero attached hydrogens (tertiary/aromatic N) is 1. The highest BCUT2D eigenvalue weighted by Gasteiger charge is 2.00. The van der Waals surface area contributed by atoms with Crippen molar-refractivity contribution in [1.29, 1.82) is 5.26 Å². The zero-order valence-electron chi connectivity index (χ0n) is 7.66. The molecule has 2 nitrogen and oxygen atoms in total. The molecule has 1 rings (SSSR count). The molecule has 13 heavy (non-hydrogen) atoms. The van der Waals surface area contributed by atoms with Crippen molar-refractivity contribution in [2.45, 2.75) is 20.0 Å². The third-order valence-corrected chi connectivity index (χ3v) is 1.35. The first-order valence-electron chi connectivity index (χ1n) is 3.85. The van der Waals surface area contributed by atoms with Crippen LogP contribution in [-0.2, 0) is 0 Å². The maximum atomic E-state index is 12.5. The summed E-state index contributed by atoms with van der Waals surface area (Å²) in [6.07, 6.45) is -0.958. The van der Waals surface area contributed by atoms with Gasteiger partial charge in [0.05, 0.1) is 6.07 Å². The molecule has 0 saturated carbocycles. The number of rotatable bonds is 1. The lowest BCUT2D eigenvalue weighted by Crippen LogP contribution is -1.82. The summed E-state index contributed by atoms with van der Waals surface area (Å²) in [4.78, 5) is 0.